The number of benzene rings is 1. The van der Waals surface area contributed by atoms with Gasteiger partial charge in [-0.3, -0.25) is 4.98 Å². The van der Waals surface area contributed by atoms with Crippen molar-refractivity contribution in [3.05, 3.63) is 36.7 Å². The van der Waals surface area contributed by atoms with E-state index in [-0.39, 0.29) is 29.7 Å². The molecule has 1 fully saturated rings. The summed E-state index contributed by atoms with van der Waals surface area (Å²) in [6, 6.07) is 4.04. The van der Waals surface area contributed by atoms with Gasteiger partial charge >= 0.3 is 6.36 Å². The quantitative estimate of drug-likeness (QED) is 0.709. The van der Waals surface area contributed by atoms with Crippen molar-refractivity contribution in [3.8, 4) is 17.5 Å². The molecule has 1 aromatic carbocycles. The highest BCUT2D eigenvalue weighted by Gasteiger charge is 2.35. The van der Waals surface area contributed by atoms with Crippen molar-refractivity contribution in [2.45, 2.75) is 23.8 Å². The Morgan fingerprint density at radius 1 is 1.14 bits per heavy atom. The van der Waals surface area contributed by atoms with Gasteiger partial charge in [0.15, 0.2) is 0 Å². The van der Waals surface area contributed by atoms with Crippen LogP contribution in [0.3, 0.4) is 0 Å². The molecule has 28 heavy (non-hydrogen) atoms. The van der Waals surface area contributed by atoms with E-state index >= 15 is 0 Å². The first-order valence-corrected chi connectivity index (χ1v) is 9.50. The third kappa shape index (κ3) is 4.81. The summed E-state index contributed by atoms with van der Waals surface area (Å²) in [6.45, 7) is 0.271. The number of rotatable bonds is 6. The topological polar surface area (TPSA) is 90.9 Å². The van der Waals surface area contributed by atoms with Gasteiger partial charge in [-0.2, -0.15) is 9.29 Å². The van der Waals surface area contributed by atoms with Crippen LogP contribution in [0.1, 0.15) is 6.42 Å². The summed E-state index contributed by atoms with van der Waals surface area (Å²) in [7, 11) is -2.45. The maximum absolute atomic E-state index is 12.7. The van der Waals surface area contributed by atoms with Gasteiger partial charge in [0.1, 0.15) is 11.9 Å². The molecule has 1 saturated heterocycles. The lowest BCUT2D eigenvalue weighted by atomic mass is 10.3. The lowest BCUT2D eigenvalue weighted by molar-refractivity contribution is -0.274. The van der Waals surface area contributed by atoms with E-state index < -0.39 is 28.2 Å². The number of sulfonamides is 1. The van der Waals surface area contributed by atoms with Gasteiger partial charge in [0.2, 0.25) is 21.8 Å². The minimum absolute atomic E-state index is 0.0715. The highest BCUT2D eigenvalue weighted by atomic mass is 32.2. The van der Waals surface area contributed by atoms with E-state index in [1.807, 2.05) is 0 Å². The fraction of sp³-hybridized carbons (Fsp3) is 0.375. The second-order valence-electron chi connectivity index (χ2n) is 5.81. The lowest BCUT2D eigenvalue weighted by Gasteiger charge is -2.17. The van der Waals surface area contributed by atoms with Crippen LogP contribution in [-0.4, -0.2) is 55.4 Å². The van der Waals surface area contributed by atoms with Crippen LogP contribution in [0, 0.1) is 0 Å². The zero-order valence-corrected chi connectivity index (χ0v) is 15.4. The molecule has 2 heterocycles. The highest BCUT2D eigenvalue weighted by Crippen LogP contribution is 2.27. The first-order valence-electron chi connectivity index (χ1n) is 8.06. The van der Waals surface area contributed by atoms with Crippen LogP contribution in [0.4, 0.5) is 13.2 Å². The average molecular weight is 419 g/mol. The van der Waals surface area contributed by atoms with E-state index in [0.717, 1.165) is 24.3 Å². The fourth-order valence-corrected chi connectivity index (χ4v) is 4.12. The molecule has 0 radical (unpaired) electrons. The van der Waals surface area contributed by atoms with Gasteiger partial charge in [0, 0.05) is 6.54 Å². The molecule has 2 aromatic rings. The molecule has 3 rings (SSSR count). The van der Waals surface area contributed by atoms with E-state index in [0.29, 0.717) is 6.42 Å². The van der Waals surface area contributed by atoms with Gasteiger partial charge in [-0.1, -0.05) is 0 Å². The maximum atomic E-state index is 12.7. The van der Waals surface area contributed by atoms with Crippen LogP contribution in [0.5, 0.6) is 17.5 Å². The number of hydrogen-bond acceptors (Lipinski definition) is 7. The second kappa shape index (κ2) is 7.80. The molecule has 0 aliphatic carbocycles. The van der Waals surface area contributed by atoms with Gasteiger partial charge in [0.25, 0.3) is 0 Å². The van der Waals surface area contributed by atoms with Crippen molar-refractivity contribution in [3.63, 3.8) is 0 Å². The van der Waals surface area contributed by atoms with E-state index in [1.54, 1.807) is 0 Å². The zero-order valence-electron chi connectivity index (χ0n) is 14.6. The molecule has 1 atom stereocenters. The van der Waals surface area contributed by atoms with Gasteiger partial charge in [-0.25, -0.2) is 8.42 Å². The monoisotopic (exact) mass is 419 g/mol. The van der Waals surface area contributed by atoms with Gasteiger partial charge < -0.3 is 14.2 Å². The van der Waals surface area contributed by atoms with E-state index in [9.17, 15) is 21.6 Å². The van der Waals surface area contributed by atoms with Crippen molar-refractivity contribution in [2.24, 2.45) is 0 Å². The van der Waals surface area contributed by atoms with Crippen molar-refractivity contribution in [1.82, 2.24) is 14.3 Å². The largest absolute Gasteiger partial charge is 0.573 e. The average Bonchev–Trinajstić information content (AvgIpc) is 3.10. The first kappa shape index (κ1) is 20.1. The van der Waals surface area contributed by atoms with Crippen molar-refractivity contribution >= 4 is 10.0 Å². The van der Waals surface area contributed by atoms with Gasteiger partial charge in [0.05, 0.1) is 30.9 Å². The summed E-state index contributed by atoms with van der Waals surface area (Å²) in [6.07, 6.45) is -2.07. The van der Waals surface area contributed by atoms with Crippen LogP contribution in [-0.2, 0) is 10.0 Å². The number of alkyl halides is 3. The van der Waals surface area contributed by atoms with E-state index in [2.05, 4.69) is 14.7 Å². The number of hydrogen-bond donors (Lipinski definition) is 0. The van der Waals surface area contributed by atoms with E-state index in [4.69, 9.17) is 9.47 Å². The van der Waals surface area contributed by atoms with Gasteiger partial charge in [-0.05, 0) is 30.7 Å². The van der Waals surface area contributed by atoms with Crippen molar-refractivity contribution < 1.29 is 35.8 Å². The molecule has 1 aliphatic heterocycles. The summed E-state index contributed by atoms with van der Waals surface area (Å²) < 4.78 is 77.6. The molecular formula is C16H16F3N3O5S. The Hall–Kier alpha value is -2.60. The van der Waals surface area contributed by atoms with Crippen LogP contribution in [0.15, 0.2) is 41.6 Å². The molecule has 0 bridgehead atoms. The SMILES string of the molecule is COc1cncc(OC2CCN(S(=O)(=O)c3ccc(OC(F)(F)F)cc3)C2)n1. The Bertz CT molecular complexity index is 922. The third-order valence-corrected chi connectivity index (χ3v) is 5.77. The Labute approximate surface area is 158 Å². The molecule has 0 N–H and O–H groups in total. The van der Waals surface area contributed by atoms with Crippen LogP contribution >= 0.6 is 0 Å². The molecule has 1 aromatic heterocycles. The lowest BCUT2D eigenvalue weighted by Crippen LogP contribution is -2.31. The standard InChI is InChI=1S/C16H16F3N3O5S/c1-25-14-8-20-9-15(21-14)26-12-6-7-22(10-12)28(23,24)13-4-2-11(3-5-13)27-16(17,18)19/h2-5,8-9,12H,6-7,10H2,1H3. The van der Waals surface area contributed by atoms with Crippen LogP contribution in [0.25, 0.3) is 0 Å². The Kier molecular flexibility index (Phi) is 5.61. The van der Waals surface area contributed by atoms with Crippen molar-refractivity contribution in [1.29, 1.82) is 0 Å². The first-order chi connectivity index (χ1) is 13.2. The van der Waals surface area contributed by atoms with Gasteiger partial charge in [-0.15, -0.1) is 13.2 Å². The molecular weight excluding hydrogens is 403 g/mol. The number of aromatic nitrogens is 2. The number of nitrogens with zero attached hydrogens (tertiary/aromatic N) is 3. The van der Waals surface area contributed by atoms with Crippen LogP contribution in [0.2, 0.25) is 0 Å². The number of methoxy groups -OCH3 is 1. The second-order valence-corrected chi connectivity index (χ2v) is 7.75. The number of halogens is 3. The smallest absolute Gasteiger partial charge is 0.480 e. The molecule has 8 nitrogen and oxygen atoms in total. The molecule has 0 amide bonds. The molecule has 152 valence electrons. The number of ether oxygens (including phenoxy) is 3. The Morgan fingerprint density at radius 2 is 1.82 bits per heavy atom. The predicted octanol–water partition coefficient (Wildman–Crippen LogP) is 2.23. The van der Waals surface area contributed by atoms with Crippen molar-refractivity contribution in [2.75, 3.05) is 20.2 Å². The molecule has 12 heteroatoms. The Morgan fingerprint density at radius 3 is 2.46 bits per heavy atom. The summed E-state index contributed by atoms with van der Waals surface area (Å²) >= 11 is 0. The maximum Gasteiger partial charge on any atom is 0.573 e. The normalized spacial score (nSPS) is 18.1. The summed E-state index contributed by atoms with van der Waals surface area (Å²) in [5, 5.41) is 0. The summed E-state index contributed by atoms with van der Waals surface area (Å²) in [4.78, 5) is 7.83. The molecule has 1 aliphatic rings. The van der Waals surface area contributed by atoms with Crippen LogP contribution < -0.4 is 14.2 Å². The minimum Gasteiger partial charge on any atom is -0.480 e. The molecule has 1 unspecified atom stereocenters. The third-order valence-electron chi connectivity index (χ3n) is 3.89. The summed E-state index contributed by atoms with van der Waals surface area (Å²) in [5.74, 6) is -0.0240. The Balaban J connectivity index is 1.66. The summed E-state index contributed by atoms with van der Waals surface area (Å²) in [5.41, 5.74) is 0. The molecule has 0 saturated carbocycles. The zero-order chi connectivity index (χ0) is 20.4. The fourth-order valence-electron chi connectivity index (χ4n) is 2.63. The minimum atomic E-state index is -4.84. The predicted molar refractivity (Wildman–Crippen MR) is 89.5 cm³/mol. The van der Waals surface area contributed by atoms with E-state index in [1.165, 1.54) is 23.8 Å². The highest BCUT2D eigenvalue weighted by molar-refractivity contribution is 7.89. The molecule has 0 spiro atoms.